The zero-order valence-corrected chi connectivity index (χ0v) is 4.48. The molecule has 2 bridgehead atoms. The Morgan fingerprint density at radius 3 is 1.71 bits per heavy atom. The lowest BCUT2D eigenvalue weighted by atomic mass is 9.72. The van der Waals surface area contributed by atoms with Gasteiger partial charge in [0.25, 0.3) is 0 Å². The second-order valence-corrected chi connectivity index (χ2v) is 2.86. The van der Waals surface area contributed by atoms with Crippen LogP contribution in [0.2, 0.25) is 0 Å². The molecule has 3 aliphatic rings. The van der Waals surface area contributed by atoms with Crippen LogP contribution in [0.4, 0.5) is 0 Å². The molecule has 0 unspecified atom stereocenters. The summed E-state index contributed by atoms with van der Waals surface area (Å²) >= 11 is 0. The van der Waals surface area contributed by atoms with E-state index >= 15 is 0 Å². The molecular formula is C6H11N. The summed E-state index contributed by atoms with van der Waals surface area (Å²) < 4.78 is 0. The highest BCUT2D eigenvalue weighted by atomic mass is 14.9. The van der Waals surface area contributed by atoms with Crippen LogP contribution >= 0.6 is 0 Å². The maximum atomic E-state index is 3.38. The molecule has 1 saturated carbocycles. The van der Waals surface area contributed by atoms with Crippen LogP contribution in [0.1, 0.15) is 12.8 Å². The average Bonchev–Trinajstić information content (AvgIpc) is 1.67. The van der Waals surface area contributed by atoms with Gasteiger partial charge in [-0.1, -0.05) is 0 Å². The van der Waals surface area contributed by atoms with Gasteiger partial charge in [-0.25, -0.2) is 0 Å². The first-order chi connectivity index (χ1) is 3.45. The van der Waals surface area contributed by atoms with Gasteiger partial charge >= 0.3 is 0 Å². The van der Waals surface area contributed by atoms with E-state index in [0.29, 0.717) is 0 Å². The number of nitrogens with one attached hydrogen (secondary N) is 1. The van der Waals surface area contributed by atoms with Gasteiger partial charge in [0.2, 0.25) is 0 Å². The SMILES string of the molecule is C1NCC2CC1C2. The topological polar surface area (TPSA) is 12.0 Å². The molecule has 0 aromatic heterocycles. The van der Waals surface area contributed by atoms with Gasteiger partial charge in [-0.3, -0.25) is 0 Å². The molecule has 3 rings (SSSR count). The average molecular weight is 97.2 g/mol. The third-order valence-electron chi connectivity index (χ3n) is 2.20. The highest BCUT2D eigenvalue weighted by Crippen LogP contribution is 2.35. The molecule has 0 radical (unpaired) electrons. The smallest absolute Gasteiger partial charge is 0.00202 e. The standard InChI is InChI=1S/C6H11N/c1-5-2-6(1)4-7-3-5/h5-7H,1-4H2. The minimum absolute atomic E-state index is 1.07. The van der Waals surface area contributed by atoms with Crippen LogP contribution in [-0.4, -0.2) is 13.1 Å². The van der Waals surface area contributed by atoms with Crippen molar-refractivity contribution in [2.45, 2.75) is 12.8 Å². The lowest BCUT2D eigenvalue weighted by molar-refractivity contribution is 0.135. The van der Waals surface area contributed by atoms with Crippen LogP contribution in [0.15, 0.2) is 0 Å². The van der Waals surface area contributed by atoms with Crippen molar-refractivity contribution in [3.05, 3.63) is 0 Å². The van der Waals surface area contributed by atoms with E-state index in [2.05, 4.69) is 5.32 Å². The summed E-state index contributed by atoms with van der Waals surface area (Å²) in [7, 11) is 0. The molecule has 40 valence electrons. The van der Waals surface area contributed by atoms with Crippen LogP contribution in [0.3, 0.4) is 0 Å². The Hall–Kier alpha value is -0.0400. The van der Waals surface area contributed by atoms with Crippen LogP contribution < -0.4 is 5.32 Å². The molecule has 2 heterocycles. The summed E-state index contributed by atoms with van der Waals surface area (Å²) in [6, 6.07) is 0. The summed E-state index contributed by atoms with van der Waals surface area (Å²) in [5.41, 5.74) is 0. The van der Waals surface area contributed by atoms with E-state index in [1.807, 2.05) is 0 Å². The summed E-state index contributed by atoms with van der Waals surface area (Å²) in [5.74, 6) is 2.14. The van der Waals surface area contributed by atoms with Gasteiger partial charge in [0.15, 0.2) is 0 Å². The molecule has 0 atom stereocenters. The Bertz CT molecular complexity index is 60.7. The molecule has 3 fully saturated rings. The fraction of sp³-hybridized carbons (Fsp3) is 1.00. The van der Waals surface area contributed by atoms with E-state index < -0.39 is 0 Å². The van der Waals surface area contributed by atoms with Crippen molar-refractivity contribution in [2.24, 2.45) is 11.8 Å². The predicted octanol–water partition coefficient (Wildman–Crippen LogP) is 0.616. The first kappa shape index (κ1) is 3.90. The number of fused-ring (bicyclic) bond motifs is 2. The summed E-state index contributed by atoms with van der Waals surface area (Å²) in [5, 5.41) is 3.38. The molecule has 7 heavy (non-hydrogen) atoms. The van der Waals surface area contributed by atoms with Crippen LogP contribution in [0.25, 0.3) is 0 Å². The Labute approximate surface area is 44.1 Å². The third kappa shape index (κ3) is 0.480. The van der Waals surface area contributed by atoms with Crippen molar-refractivity contribution in [1.29, 1.82) is 0 Å². The maximum absolute atomic E-state index is 3.38. The molecule has 1 aliphatic carbocycles. The fourth-order valence-electron chi connectivity index (χ4n) is 1.70. The number of hydrogen-bond acceptors (Lipinski definition) is 1. The zero-order valence-electron chi connectivity index (χ0n) is 4.48. The second-order valence-electron chi connectivity index (χ2n) is 2.86. The van der Waals surface area contributed by atoms with Gasteiger partial charge in [0, 0.05) is 0 Å². The number of rotatable bonds is 0. The zero-order chi connectivity index (χ0) is 4.69. The molecule has 2 saturated heterocycles. The van der Waals surface area contributed by atoms with Gasteiger partial charge in [0.05, 0.1) is 0 Å². The van der Waals surface area contributed by atoms with E-state index in [-0.39, 0.29) is 0 Å². The van der Waals surface area contributed by atoms with Gasteiger partial charge in [-0.2, -0.15) is 0 Å². The summed E-state index contributed by atoms with van der Waals surface area (Å²) in [6.07, 6.45) is 3.04. The van der Waals surface area contributed by atoms with Gasteiger partial charge in [0.1, 0.15) is 0 Å². The number of piperidine rings is 2. The Balaban J connectivity index is 1.99. The normalized spacial score (nSPS) is 48.0. The summed E-state index contributed by atoms with van der Waals surface area (Å²) in [4.78, 5) is 0. The first-order valence-corrected chi connectivity index (χ1v) is 3.16. The molecule has 1 heteroatoms. The Morgan fingerprint density at radius 2 is 1.57 bits per heavy atom. The molecule has 1 N–H and O–H groups in total. The van der Waals surface area contributed by atoms with Crippen molar-refractivity contribution in [1.82, 2.24) is 5.32 Å². The van der Waals surface area contributed by atoms with E-state index in [1.54, 1.807) is 0 Å². The maximum Gasteiger partial charge on any atom is -0.00202 e. The molecule has 2 aliphatic heterocycles. The molecule has 0 aromatic rings. The van der Waals surface area contributed by atoms with E-state index in [0.717, 1.165) is 11.8 Å². The van der Waals surface area contributed by atoms with E-state index in [9.17, 15) is 0 Å². The monoisotopic (exact) mass is 97.1 g/mol. The molecule has 1 nitrogen and oxygen atoms in total. The Morgan fingerprint density at radius 1 is 1.00 bits per heavy atom. The van der Waals surface area contributed by atoms with Crippen LogP contribution in [-0.2, 0) is 0 Å². The molecule has 0 spiro atoms. The van der Waals surface area contributed by atoms with Crippen molar-refractivity contribution in [3.63, 3.8) is 0 Å². The minimum atomic E-state index is 1.07. The van der Waals surface area contributed by atoms with Crippen molar-refractivity contribution < 1.29 is 0 Å². The lowest BCUT2D eigenvalue weighted by Gasteiger charge is -2.41. The highest BCUT2D eigenvalue weighted by Gasteiger charge is 2.32. The Kier molecular flexibility index (Phi) is 0.680. The van der Waals surface area contributed by atoms with Crippen LogP contribution in [0, 0.1) is 11.8 Å². The quantitative estimate of drug-likeness (QED) is 0.467. The largest absolute Gasteiger partial charge is 0.316 e. The van der Waals surface area contributed by atoms with Gasteiger partial charge in [-0.15, -0.1) is 0 Å². The van der Waals surface area contributed by atoms with E-state index in [1.165, 1.54) is 25.9 Å². The van der Waals surface area contributed by atoms with Crippen molar-refractivity contribution in [2.75, 3.05) is 13.1 Å². The first-order valence-electron chi connectivity index (χ1n) is 3.16. The van der Waals surface area contributed by atoms with E-state index in [4.69, 9.17) is 0 Å². The molecular weight excluding hydrogens is 86.1 g/mol. The number of hydrogen-bond donors (Lipinski definition) is 1. The van der Waals surface area contributed by atoms with Crippen molar-refractivity contribution in [3.8, 4) is 0 Å². The minimum Gasteiger partial charge on any atom is -0.316 e. The van der Waals surface area contributed by atoms with Gasteiger partial charge in [-0.05, 0) is 37.8 Å². The lowest BCUT2D eigenvalue weighted by Crippen LogP contribution is -2.45. The van der Waals surface area contributed by atoms with Crippen molar-refractivity contribution >= 4 is 0 Å². The summed E-state index contributed by atoms with van der Waals surface area (Å²) in [6.45, 7) is 2.60. The molecule has 0 amide bonds. The fourth-order valence-corrected chi connectivity index (χ4v) is 1.70. The highest BCUT2D eigenvalue weighted by molar-refractivity contribution is 4.87. The molecule has 0 aromatic carbocycles. The predicted molar refractivity (Wildman–Crippen MR) is 29.1 cm³/mol. The third-order valence-corrected chi connectivity index (χ3v) is 2.20. The second kappa shape index (κ2) is 1.22. The van der Waals surface area contributed by atoms with Crippen LogP contribution in [0.5, 0.6) is 0 Å². The van der Waals surface area contributed by atoms with Gasteiger partial charge < -0.3 is 5.32 Å².